The maximum atomic E-state index is 13.1. The van der Waals surface area contributed by atoms with Crippen molar-refractivity contribution in [2.24, 2.45) is 0 Å². The molecule has 0 unspecified atom stereocenters. The fourth-order valence-electron chi connectivity index (χ4n) is 3.59. The molecule has 0 saturated carbocycles. The lowest BCUT2D eigenvalue weighted by molar-refractivity contribution is 0.655. The van der Waals surface area contributed by atoms with Crippen LogP contribution in [0.4, 0.5) is 0 Å². The van der Waals surface area contributed by atoms with Crippen LogP contribution >= 0.6 is 0 Å². The molecule has 142 valence electrons. The third-order valence-electron chi connectivity index (χ3n) is 4.91. The van der Waals surface area contributed by atoms with Crippen molar-refractivity contribution >= 4 is 11.2 Å². The molecule has 0 aliphatic carbocycles. The zero-order valence-electron chi connectivity index (χ0n) is 16.2. The zero-order valence-corrected chi connectivity index (χ0v) is 16.2. The Labute approximate surface area is 162 Å². The minimum Gasteiger partial charge on any atom is -0.320 e. The Balaban J connectivity index is 2.00. The molecule has 0 aliphatic rings. The second-order valence-electron chi connectivity index (χ2n) is 7.04. The second-order valence-corrected chi connectivity index (χ2v) is 7.04. The minimum absolute atomic E-state index is 0.301. The quantitative estimate of drug-likeness (QED) is 0.552. The van der Waals surface area contributed by atoms with Crippen molar-refractivity contribution in [2.45, 2.75) is 33.9 Å². The summed E-state index contributed by atoms with van der Waals surface area (Å²) in [5.74, 6) is 0. The van der Waals surface area contributed by atoms with Gasteiger partial charge in [0.15, 0.2) is 11.2 Å². The van der Waals surface area contributed by atoms with Crippen LogP contribution in [-0.4, -0.2) is 18.7 Å². The summed E-state index contributed by atoms with van der Waals surface area (Å²) in [6.07, 6.45) is 1.64. The molecule has 0 N–H and O–H groups in total. The lowest BCUT2D eigenvalue weighted by Crippen LogP contribution is -2.39. The second kappa shape index (κ2) is 6.96. The summed E-state index contributed by atoms with van der Waals surface area (Å²) in [4.78, 5) is 30.5. The molecule has 0 bridgehead atoms. The standard InChI is InChI=1S/C22H22N4O2/c1-4-25-21(27)19-20(26(22(25)28)18-10-6-8-16(3)12-18)23-14-24(19)13-17-9-5-7-15(2)11-17/h5-12,14H,4,13H2,1-3H3. The number of fused-ring (bicyclic) bond motifs is 1. The van der Waals surface area contributed by atoms with Crippen molar-refractivity contribution < 1.29 is 0 Å². The molecular formula is C22H22N4O2. The number of aryl methyl sites for hydroxylation is 2. The van der Waals surface area contributed by atoms with E-state index in [9.17, 15) is 9.59 Å². The highest BCUT2D eigenvalue weighted by molar-refractivity contribution is 5.72. The third kappa shape index (κ3) is 2.97. The van der Waals surface area contributed by atoms with Crippen molar-refractivity contribution in [3.05, 3.63) is 92.4 Å². The largest absolute Gasteiger partial charge is 0.337 e. The van der Waals surface area contributed by atoms with E-state index in [2.05, 4.69) is 11.1 Å². The van der Waals surface area contributed by atoms with Crippen LogP contribution in [0.25, 0.3) is 16.9 Å². The molecule has 2 heterocycles. The van der Waals surface area contributed by atoms with Gasteiger partial charge in [0.25, 0.3) is 5.56 Å². The maximum absolute atomic E-state index is 13.1. The van der Waals surface area contributed by atoms with Crippen molar-refractivity contribution in [3.63, 3.8) is 0 Å². The van der Waals surface area contributed by atoms with Gasteiger partial charge >= 0.3 is 5.69 Å². The van der Waals surface area contributed by atoms with Crippen LogP contribution in [0.2, 0.25) is 0 Å². The first-order valence-electron chi connectivity index (χ1n) is 9.33. The normalized spacial score (nSPS) is 11.2. The van der Waals surface area contributed by atoms with Gasteiger partial charge in [-0.15, -0.1) is 0 Å². The summed E-state index contributed by atoms with van der Waals surface area (Å²) < 4.78 is 4.61. The Kier molecular flexibility index (Phi) is 4.47. The van der Waals surface area contributed by atoms with Gasteiger partial charge in [0.1, 0.15) is 0 Å². The Bertz CT molecular complexity index is 1290. The van der Waals surface area contributed by atoms with E-state index < -0.39 is 0 Å². The van der Waals surface area contributed by atoms with Crippen molar-refractivity contribution in [3.8, 4) is 5.69 Å². The van der Waals surface area contributed by atoms with Crippen LogP contribution in [-0.2, 0) is 13.1 Å². The molecule has 0 amide bonds. The number of nitrogens with zero attached hydrogens (tertiary/aromatic N) is 4. The van der Waals surface area contributed by atoms with Gasteiger partial charge in [-0.2, -0.15) is 0 Å². The Hall–Kier alpha value is -3.41. The van der Waals surface area contributed by atoms with Crippen LogP contribution in [0.1, 0.15) is 23.6 Å². The summed E-state index contributed by atoms with van der Waals surface area (Å²) in [5.41, 5.74) is 4.12. The highest BCUT2D eigenvalue weighted by atomic mass is 16.2. The molecule has 2 aromatic heterocycles. The first-order valence-corrected chi connectivity index (χ1v) is 9.33. The Morgan fingerprint density at radius 1 is 0.964 bits per heavy atom. The molecular weight excluding hydrogens is 352 g/mol. The lowest BCUT2D eigenvalue weighted by atomic mass is 10.1. The van der Waals surface area contributed by atoms with Crippen LogP contribution < -0.4 is 11.2 Å². The van der Waals surface area contributed by atoms with Gasteiger partial charge in [-0.05, 0) is 44.0 Å². The molecule has 0 atom stereocenters. The molecule has 0 saturated heterocycles. The van der Waals surface area contributed by atoms with Crippen molar-refractivity contribution in [1.29, 1.82) is 0 Å². The first-order chi connectivity index (χ1) is 13.5. The monoisotopic (exact) mass is 374 g/mol. The third-order valence-corrected chi connectivity index (χ3v) is 4.91. The molecule has 4 aromatic rings. The highest BCUT2D eigenvalue weighted by Crippen LogP contribution is 2.16. The Morgan fingerprint density at radius 3 is 2.36 bits per heavy atom. The summed E-state index contributed by atoms with van der Waals surface area (Å²) >= 11 is 0. The Morgan fingerprint density at radius 2 is 1.68 bits per heavy atom. The van der Waals surface area contributed by atoms with E-state index in [1.807, 2.05) is 60.9 Å². The number of hydrogen-bond donors (Lipinski definition) is 0. The fraction of sp³-hybridized carbons (Fsp3) is 0.227. The van der Waals surface area contributed by atoms with Crippen LogP contribution in [0.5, 0.6) is 0 Å². The summed E-state index contributed by atoms with van der Waals surface area (Å²) in [6.45, 7) is 6.63. The lowest BCUT2D eigenvalue weighted by Gasteiger charge is -2.12. The molecule has 0 fully saturated rings. The predicted octanol–water partition coefficient (Wildman–Crippen LogP) is 3.03. The van der Waals surface area contributed by atoms with Gasteiger partial charge in [0.05, 0.1) is 12.0 Å². The number of hydrogen-bond acceptors (Lipinski definition) is 3. The molecule has 4 rings (SSSR count). The van der Waals surface area contributed by atoms with Crippen LogP contribution in [0.3, 0.4) is 0 Å². The van der Waals surface area contributed by atoms with Crippen molar-refractivity contribution in [1.82, 2.24) is 18.7 Å². The van der Waals surface area contributed by atoms with Gasteiger partial charge < -0.3 is 4.57 Å². The fourth-order valence-corrected chi connectivity index (χ4v) is 3.59. The molecule has 6 nitrogen and oxygen atoms in total. The molecule has 0 aliphatic heterocycles. The summed E-state index contributed by atoms with van der Waals surface area (Å²) in [5, 5.41) is 0. The summed E-state index contributed by atoms with van der Waals surface area (Å²) in [6, 6.07) is 15.8. The SMILES string of the molecule is CCn1c(=O)c2c(ncn2Cc2cccc(C)c2)n(-c2cccc(C)c2)c1=O. The van der Waals surface area contributed by atoms with Gasteiger partial charge in [-0.25, -0.2) is 14.3 Å². The summed E-state index contributed by atoms with van der Waals surface area (Å²) in [7, 11) is 0. The smallest absolute Gasteiger partial charge is 0.320 e. The van der Waals surface area contributed by atoms with Crippen LogP contribution in [0, 0.1) is 13.8 Å². The zero-order chi connectivity index (χ0) is 19.8. The molecule has 28 heavy (non-hydrogen) atoms. The first kappa shape index (κ1) is 18.0. The predicted molar refractivity (Wildman–Crippen MR) is 110 cm³/mol. The van der Waals surface area contributed by atoms with Gasteiger partial charge in [-0.3, -0.25) is 9.36 Å². The van der Waals surface area contributed by atoms with Gasteiger partial charge in [0, 0.05) is 13.1 Å². The molecule has 0 radical (unpaired) electrons. The average Bonchev–Trinajstić information content (AvgIpc) is 3.06. The topological polar surface area (TPSA) is 61.8 Å². The van der Waals surface area contributed by atoms with E-state index >= 15 is 0 Å². The van der Waals surface area contributed by atoms with E-state index in [1.165, 1.54) is 9.13 Å². The molecule has 6 heteroatoms. The molecule has 0 spiro atoms. The van der Waals surface area contributed by atoms with Crippen molar-refractivity contribution in [2.75, 3.05) is 0 Å². The number of rotatable bonds is 4. The van der Waals surface area contributed by atoms with E-state index in [0.29, 0.717) is 29.9 Å². The minimum atomic E-state index is -0.369. The van der Waals surface area contributed by atoms with Gasteiger partial charge in [0.2, 0.25) is 0 Å². The van der Waals surface area contributed by atoms with E-state index in [1.54, 1.807) is 13.3 Å². The van der Waals surface area contributed by atoms with E-state index in [0.717, 1.165) is 16.7 Å². The number of benzene rings is 2. The van der Waals surface area contributed by atoms with Gasteiger partial charge in [-0.1, -0.05) is 42.0 Å². The maximum Gasteiger partial charge on any atom is 0.337 e. The van der Waals surface area contributed by atoms with Crippen LogP contribution in [0.15, 0.2) is 64.4 Å². The number of aromatic nitrogens is 4. The highest BCUT2D eigenvalue weighted by Gasteiger charge is 2.18. The average molecular weight is 374 g/mol. The van der Waals surface area contributed by atoms with E-state index in [-0.39, 0.29) is 11.2 Å². The number of imidazole rings is 1. The molecule has 2 aromatic carbocycles. The van der Waals surface area contributed by atoms with E-state index in [4.69, 9.17) is 0 Å².